The molecule has 2 aliphatic heterocycles. The summed E-state index contributed by atoms with van der Waals surface area (Å²) in [5.74, 6) is 1.40. The molecule has 1 fully saturated rings. The molecule has 1 aliphatic carbocycles. The summed E-state index contributed by atoms with van der Waals surface area (Å²) in [5, 5.41) is 3.07. The minimum atomic E-state index is -0.0777. The summed E-state index contributed by atoms with van der Waals surface area (Å²) in [6.07, 6.45) is 9.49. The van der Waals surface area contributed by atoms with E-state index < -0.39 is 0 Å². The van der Waals surface area contributed by atoms with Crippen molar-refractivity contribution < 1.29 is 4.79 Å². The number of hydrogen-bond acceptors (Lipinski definition) is 3. The van der Waals surface area contributed by atoms with Crippen molar-refractivity contribution in [2.75, 3.05) is 17.6 Å². The highest BCUT2D eigenvalue weighted by Crippen LogP contribution is 2.53. The summed E-state index contributed by atoms with van der Waals surface area (Å²) in [5.41, 5.74) is 2.02. The highest BCUT2D eigenvalue weighted by atomic mass is 35.5. The van der Waals surface area contributed by atoms with Gasteiger partial charge < -0.3 is 5.32 Å². The van der Waals surface area contributed by atoms with E-state index in [4.69, 9.17) is 0 Å². The smallest absolute Gasteiger partial charge is 0.228 e. The summed E-state index contributed by atoms with van der Waals surface area (Å²) in [7, 11) is 0. The van der Waals surface area contributed by atoms with Gasteiger partial charge in [-0.15, -0.1) is 24.2 Å². The fraction of sp³-hybridized carbons (Fsp3) is 0.333. The van der Waals surface area contributed by atoms with Crippen molar-refractivity contribution in [1.29, 1.82) is 0 Å². The first-order valence-electron chi connectivity index (χ1n) is 7.70. The molecule has 1 spiro atoms. The van der Waals surface area contributed by atoms with Crippen LogP contribution in [0.15, 0.2) is 59.6 Å². The van der Waals surface area contributed by atoms with Crippen LogP contribution in [-0.4, -0.2) is 28.7 Å². The maximum atomic E-state index is 12.7. The number of halogens is 1. The van der Waals surface area contributed by atoms with Gasteiger partial charge in [0.25, 0.3) is 0 Å². The molecule has 0 bridgehead atoms. The number of allylic oxidation sites excluding steroid dienone is 3. The van der Waals surface area contributed by atoms with Crippen LogP contribution in [0.4, 0.5) is 5.69 Å². The van der Waals surface area contributed by atoms with Gasteiger partial charge >= 0.3 is 0 Å². The molecule has 1 saturated heterocycles. The van der Waals surface area contributed by atoms with Crippen molar-refractivity contribution in [2.45, 2.75) is 11.2 Å². The zero-order chi connectivity index (χ0) is 15.0. The van der Waals surface area contributed by atoms with Gasteiger partial charge in [-0.1, -0.05) is 36.4 Å². The van der Waals surface area contributed by atoms with Crippen LogP contribution in [0, 0.1) is 11.8 Å². The molecule has 3 aliphatic rings. The summed E-state index contributed by atoms with van der Waals surface area (Å²) in [4.78, 5) is 17.4. The summed E-state index contributed by atoms with van der Waals surface area (Å²) >= 11 is 1.88. The third-order valence-corrected chi connectivity index (χ3v) is 6.40. The molecule has 2 heterocycles. The monoisotopic (exact) mass is 346 g/mol. The fourth-order valence-corrected chi connectivity index (χ4v) is 5.47. The molecule has 3 nitrogen and oxygen atoms in total. The van der Waals surface area contributed by atoms with Gasteiger partial charge in [-0.3, -0.25) is 9.79 Å². The second-order valence-electron chi connectivity index (χ2n) is 5.95. The number of nitrogens with zero attached hydrogens (tertiary/aromatic N) is 1. The van der Waals surface area contributed by atoms with Crippen molar-refractivity contribution in [3.05, 3.63) is 54.6 Å². The van der Waals surface area contributed by atoms with Crippen LogP contribution in [0.25, 0.3) is 0 Å². The van der Waals surface area contributed by atoms with E-state index in [0.717, 1.165) is 30.1 Å². The molecule has 3 unspecified atom stereocenters. The number of hydrogen-bond donors (Lipinski definition) is 1. The lowest BCUT2D eigenvalue weighted by atomic mass is 9.74. The van der Waals surface area contributed by atoms with Gasteiger partial charge in [-0.2, -0.15) is 0 Å². The van der Waals surface area contributed by atoms with Gasteiger partial charge in [0.2, 0.25) is 5.91 Å². The fourth-order valence-electron chi connectivity index (χ4n) is 3.68. The van der Waals surface area contributed by atoms with Crippen molar-refractivity contribution >= 4 is 41.5 Å². The number of para-hydroxylation sites is 1. The quantitative estimate of drug-likeness (QED) is 0.886. The van der Waals surface area contributed by atoms with E-state index in [1.54, 1.807) is 0 Å². The minimum absolute atomic E-state index is 0. The van der Waals surface area contributed by atoms with E-state index in [1.165, 1.54) is 0 Å². The highest BCUT2D eigenvalue weighted by molar-refractivity contribution is 8.02. The predicted octanol–water partition coefficient (Wildman–Crippen LogP) is 3.74. The SMILES string of the molecule is Cl.O=C(Nc1ccccc1)C1CSC23C=CC=CC2=NCCC13. The third-order valence-electron chi connectivity index (χ3n) is 4.75. The Balaban J connectivity index is 0.00000156. The van der Waals surface area contributed by atoms with Crippen molar-refractivity contribution in [1.82, 2.24) is 0 Å². The molecule has 1 amide bonds. The zero-order valence-corrected chi connectivity index (χ0v) is 14.3. The van der Waals surface area contributed by atoms with E-state index in [2.05, 4.69) is 28.5 Å². The Morgan fingerprint density at radius 2 is 2.09 bits per heavy atom. The second-order valence-corrected chi connectivity index (χ2v) is 7.24. The number of carbonyl (C=O) groups excluding carboxylic acids is 1. The lowest BCUT2D eigenvalue weighted by Crippen LogP contribution is -2.45. The van der Waals surface area contributed by atoms with Crippen molar-refractivity contribution in [3.63, 3.8) is 0 Å². The first-order valence-corrected chi connectivity index (χ1v) is 8.69. The number of nitrogens with one attached hydrogen (secondary N) is 1. The van der Waals surface area contributed by atoms with E-state index in [0.29, 0.717) is 5.92 Å². The van der Waals surface area contributed by atoms with Crippen LogP contribution < -0.4 is 5.32 Å². The van der Waals surface area contributed by atoms with Crippen LogP contribution in [-0.2, 0) is 4.79 Å². The number of aliphatic imine (C=N–C) groups is 1. The van der Waals surface area contributed by atoms with Gasteiger partial charge in [-0.25, -0.2) is 0 Å². The van der Waals surface area contributed by atoms with Crippen molar-refractivity contribution in [2.24, 2.45) is 16.8 Å². The molecule has 1 aromatic rings. The third kappa shape index (κ3) is 2.74. The van der Waals surface area contributed by atoms with Crippen LogP contribution in [0.5, 0.6) is 0 Å². The average Bonchev–Trinajstić information content (AvgIpc) is 2.93. The number of benzene rings is 1. The summed E-state index contributed by atoms with van der Waals surface area (Å²) in [6, 6.07) is 9.72. The Morgan fingerprint density at radius 1 is 1.26 bits per heavy atom. The van der Waals surface area contributed by atoms with Crippen LogP contribution in [0.1, 0.15) is 6.42 Å². The Labute approximate surface area is 146 Å². The van der Waals surface area contributed by atoms with E-state index in [9.17, 15) is 4.79 Å². The lowest BCUT2D eigenvalue weighted by molar-refractivity contribution is -0.120. The molecular formula is C18H19ClN2OS. The van der Waals surface area contributed by atoms with Gasteiger partial charge in [0, 0.05) is 18.0 Å². The molecule has 0 aromatic heterocycles. The maximum Gasteiger partial charge on any atom is 0.228 e. The molecule has 1 N–H and O–H groups in total. The molecule has 5 heteroatoms. The van der Waals surface area contributed by atoms with Gasteiger partial charge in [-0.05, 0) is 30.5 Å². The molecular weight excluding hydrogens is 328 g/mol. The summed E-state index contributed by atoms with van der Waals surface area (Å²) < 4.78 is -0.0777. The second kappa shape index (κ2) is 6.54. The Bertz CT molecular complexity index is 686. The number of rotatable bonds is 2. The Morgan fingerprint density at radius 3 is 2.91 bits per heavy atom. The van der Waals surface area contributed by atoms with Crippen LogP contribution in [0.3, 0.4) is 0 Å². The predicted molar refractivity (Wildman–Crippen MR) is 99.7 cm³/mol. The van der Waals surface area contributed by atoms with Gasteiger partial charge in [0.15, 0.2) is 0 Å². The van der Waals surface area contributed by atoms with E-state index in [-0.39, 0.29) is 29.0 Å². The van der Waals surface area contributed by atoms with E-state index in [1.807, 2.05) is 48.2 Å². The average molecular weight is 347 g/mol. The summed E-state index contributed by atoms with van der Waals surface area (Å²) in [6.45, 7) is 0.829. The van der Waals surface area contributed by atoms with E-state index >= 15 is 0 Å². The van der Waals surface area contributed by atoms with Gasteiger partial charge in [0.05, 0.1) is 16.4 Å². The number of amides is 1. The van der Waals surface area contributed by atoms with Crippen LogP contribution in [0.2, 0.25) is 0 Å². The molecule has 0 radical (unpaired) electrons. The van der Waals surface area contributed by atoms with Crippen molar-refractivity contribution in [3.8, 4) is 0 Å². The molecule has 23 heavy (non-hydrogen) atoms. The maximum absolute atomic E-state index is 12.7. The standard InChI is InChI=1S/C18H18N2OS.ClH/c21-17(20-13-6-2-1-3-7-13)14-12-22-18-10-5-4-8-16(18)19-11-9-15(14)18;/h1-8,10,14-15H,9,11-12H2,(H,20,21);1H. The Kier molecular flexibility index (Phi) is 4.64. The zero-order valence-electron chi connectivity index (χ0n) is 12.6. The largest absolute Gasteiger partial charge is 0.326 e. The normalized spacial score (nSPS) is 30.7. The molecule has 120 valence electrons. The number of anilines is 1. The number of carbonyl (C=O) groups is 1. The molecule has 4 rings (SSSR count). The minimum Gasteiger partial charge on any atom is -0.326 e. The lowest BCUT2D eigenvalue weighted by Gasteiger charge is -2.38. The molecule has 0 saturated carbocycles. The first kappa shape index (κ1) is 16.3. The molecule has 3 atom stereocenters. The highest BCUT2D eigenvalue weighted by Gasteiger charge is 2.53. The topological polar surface area (TPSA) is 41.5 Å². The number of thioether (sulfide) groups is 1. The Hall–Kier alpha value is -1.52. The first-order chi connectivity index (χ1) is 10.8. The molecule has 1 aromatic carbocycles. The van der Waals surface area contributed by atoms with Crippen LogP contribution >= 0.6 is 24.2 Å². The van der Waals surface area contributed by atoms with Gasteiger partial charge in [0.1, 0.15) is 0 Å².